The summed E-state index contributed by atoms with van der Waals surface area (Å²) in [5.41, 5.74) is 3.66. The zero-order valence-corrected chi connectivity index (χ0v) is 16.5. The molecule has 3 aliphatic heterocycles. The lowest BCUT2D eigenvalue weighted by molar-refractivity contribution is -0.166. The number of likely N-dealkylation sites (tertiary alicyclic amines) is 1. The number of piperidine rings is 1. The number of ether oxygens (including phenoxy) is 1. The SMILES string of the molecule is O=C(C1CCOC1)N1CCC2(CC1)C[C@@H]([C@H]1c3ccccc3-c3cncn31)[C@H]2O. The van der Waals surface area contributed by atoms with Crippen molar-refractivity contribution < 1.29 is 14.6 Å². The van der Waals surface area contributed by atoms with Crippen LogP contribution in [0.3, 0.4) is 0 Å². The summed E-state index contributed by atoms with van der Waals surface area (Å²) in [6.07, 6.45) is 7.16. The Labute approximate surface area is 170 Å². The standard InChI is InChI=1S/C23H27N3O3/c27-21-18(20-17-4-2-1-3-16(17)19-12-24-14-26(19)20)11-23(21)6-8-25(9-7-23)22(28)15-5-10-29-13-15/h1-4,12,14-15,18,20-21,27H,5-11,13H2/t15?,18-,20+,21+/m0/s1. The van der Waals surface area contributed by atoms with Crippen LogP contribution in [0.15, 0.2) is 36.8 Å². The Morgan fingerprint density at radius 2 is 2.07 bits per heavy atom. The lowest BCUT2D eigenvalue weighted by atomic mass is 9.53. The van der Waals surface area contributed by atoms with Gasteiger partial charge in [-0.15, -0.1) is 0 Å². The van der Waals surface area contributed by atoms with E-state index in [-0.39, 0.29) is 35.3 Å². The summed E-state index contributed by atoms with van der Waals surface area (Å²) in [7, 11) is 0. The molecule has 152 valence electrons. The fourth-order valence-electron chi connectivity index (χ4n) is 6.25. The van der Waals surface area contributed by atoms with E-state index >= 15 is 0 Å². The molecule has 6 heteroatoms. The predicted molar refractivity (Wildman–Crippen MR) is 107 cm³/mol. The molecule has 4 atom stereocenters. The van der Waals surface area contributed by atoms with Crippen molar-refractivity contribution in [3.63, 3.8) is 0 Å². The molecule has 1 saturated carbocycles. The van der Waals surface area contributed by atoms with E-state index in [1.807, 2.05) is 17.4 Å². The molecule has 1 aliphatic carbocycles. The van der Waals surface area contributed by atoms with Crippen molar-refractivity contribution in [2.24, 2.45) is 17.3 Å². The number of fused-ring (bicyclic) bond motifs is 3. The van der Waals surface area contributed by atoms with Gasteiger partial charge in [-0.05, 0) is 31.2 Å². The lowest BCUT2D eigenvalue weighted by Gasteiger charge is -2.58. The number of amides is 1. The Bertz CT molecular complexity index is 940. The molecular weight excluding hydrogens is 366 g/mol. The van der Waals surface area contributed by atoms with Gasteiger partial charge in [0.15, 0.2) is 0 Å². The number of hydrogen-bond acceptors (Lipinski definition) is 4. The van der Waals surface area contributed by atoms with Crippen LogP contribution in [0.4, 0.5) is 0 Å². The highest BCUT2D eigenvalue weighted by Crippen LogP contribution is 2.59. The Hall–Kier alpha value is -2.18. The van der Waals surface area contributed by atoms with Crippen molar-refractivity contribution >= 4 is 5.91 Å². The number of hydrogen-bond donors (Lipinski definition) is 1. The molecule has 2 aromatic rings. The van der Waals surface area contributed by atoms with Gasteiger partial charge < -0.3 is 19.3 Å². The average molecular weight is 393 g/mol. The highest BCUT2D eigenvalue weighted by molar-refractivity contribution is 5.79. The fraction of sp³-hybridized carbons (Fsp3) is 0.565. The van der Waals surface area contributed by atoms with E-state index in [4.69, 9.17) is 4.74 Å². The van der Waals surface area contributed by atoms with Crippen molar-refractivity contribution in [2.75, 3.05) is 26.3 Å². The number of aliphatic hydroxyl groups is 1. The Balaban J connectivity index is 1.18. The summed E-state index contributed by atoms with van der Waals surface area (Å²) in [5, 5.41) is 11.3. The number of rotatable bonds is 2. The molecule has 2 saturated heterocycles. The zero-order chi connectivity index (χ0) is 19.6. The molecular formula is C23H27N3O3. The normalized spacial score (nSPS) is 32.1. The number of carbonyl (C=O) groups is 1. The van der Waals surface area contributed by atoms with Gasteiger partial charge in [0.25, 0.3) is 0 Å². The molecule has 0 radical (unpaired) electrons. The van der Waals surface area contributed by atoms with Gasteiger partial charge in [0.1, 0.15) is 0 Å². The molecule has 4 heterocycles. The number of imidazole rings is 1. The lowest BCUT2D eigenvalue weighted by Crippen LogP contribution is -2.60. The minimum Gasteiger partial charge on any atom is -0.392 e. The van der Waals surface area contributed by atoms with Gasteiger partial charge in [0, 0.05) is 36.6 Å². The van der Waals surface area contributed by atoms with Gasteiger partial charge in [-0.1, -0.05) is 24.3 Å². The molecule has 1 aromatic heterocycles. The Kier molecular flexibility index (Phi) is 3.90. The smallest absolute Gasteiger partial charge is 0.228 e. The Morgan fingerprint density at radius 3 is 2.83 bits per heavy atom. The fourth-order valence-corrected chi connectivity index (χ4v) is 6.25. The summed E-state index contributed by atoms with van der Waals surface area (Å²) >= 11 is 0. The summed E-state index contributed by atoms with van der Waals surface area (Å²) in [4.78, 5) is 19.1. The predicted octanol–water partition coefficient (Wildman–Crippen LogP) is 2.48. The van der Waals surface area contributed by atoms with Crippen LogP contribution in [-0.2, 0) is 9.53 Å². The quantitative estimate of drug-likeness (QED) is 0.851. The van der Waals surface area contributed by atoms with Crippen molar-refractivity contribution in [1.29, 1.82) is 0 Å². The van der Waals surface area contributed by atoms with Crippen LogP contribution in [0.5, 0.6) is 0 Å². The third-order valence-electron chi connectivity index (χ3n) is 7.95. The monoisotopic (exact) mass is 393 g/mol. The molecule has 1 spiro atoms. The molecule has 3 fully saturated rings. The van der Waals surface area contributed by atoms with E-state index in [0.29, 0.717) is 13.2 Å². The van der Waals surface area contributed by atoms with Gasteiger partial charge in [-0.3, -0.25) is 4.79 Å². The van der Waals surface area contributed by atoms with Gasteiger partial charge in [0.2, 0.25) is 5.91 Å². The van der Waals surface area contributed by atoms with E-state index in [2.05, 4.69) is 33.8 Å². The molecule has 1 amide bonds. The van der Waals surface area contributed by atoms with Crippen molar-refractivity contribution in [1.82, 2.24) is 14.5 Å². The third-order valence-corrected chi connectivity index (χ3v) is 7.95. The second kappa shape index (κ2) is 6.41. The highest BCUT2D eigenvalue weighted by Gasteiger charge is 2.58. The van der Waals surface area contributed by atoms with Gasteiger partial charge >= 0.3 is 0 Å². The first-order valence-corrected chi connectivity index (χ1v) is 10.8. The van der Waals surface area contributed by atoms with Crippen LogP contribution in [0.25, 0.3) is 11.3 Å². The second-order valence-corrected chi connectivity index (χ2v) is 9.28. The largest absolute Gasteiger partial charge is 0.392 e. The van der Waals surface area contributed by atoms with Crippen molar-refractivity contribution in [3.05, 3.63) is 42.4 Å². The molecule has 6 rings (SSSR count). The number of carbonyl (C=O) groups excluding carboxylic acids is 1. The molecule has 6 nitrogen and oxygen atoms in total. The minimum atomic E-state index is -0.332. The number of benzene rings is 1. The van der Waals surface area contributed by atoms with Crippen LogP contribution < -0.4 is 0 Å². The topological polar surface area (TPSA) is 67.6 Å². The molecule has 29 heavy (non-hydrogen) atoms. The second-order valence-electron chi connectivity index (χ2n) is 9.28. The molecule has 1 unspecified atom stereocenters. The Morgan fingerprint density at radius 1 is 1.24 bits per heavy atom. The first kappa shape index (κ1) is 17.7. The maximum Gasteiger partial charge on any atom is 0.228 e. The highest BCUT2D eigenvalue weighted by atomic mass is 16.5. The molecule has 4 aliphatic rings. The zero-order valence-electron chi connectivity index (χ0n) is 16.5. The molecule has 0 bridgehead atoms. The summed E-state index contributed by atoms with van der Waals surface area (Å²) in [5.74, 6) is 0.491. The van der Waals surface area contributed by atoms with Gasteiger partial charge in [-0.2, -0.15) is 0 Å². The van der Waals surface area contributed by atoms with E-state index in [9.17, 15) is 9.90 Å². The number of nitrogens with zero attached hydrogens (tertiary/aromatic N) is 3. The number of aliphatic hydroxyl groups excluding tert-OH is 1. The summed E-state index contributed by atoms with van der Waals surface area (Å²) in [6.45, 7) is 2.79. The van der Waals surface area contributed by atoms with E-state index in [1.54, 1.807) is 0 Å². The van der Waals surface area contributed by atoms with Gasteiger partial charge in [0.05, 0.1) is 42.9 Å². The van der Waals surface area contributed by atoms with E-state index < -0.39 is 0 Å². The van der Waals surface area contributed by atoms with E-state index in [1.165, 1.54) is 11.1 Å². The third kappa shape index (κ3) is 2.48. The van der Waals surface area contributed by atoms with E-state index in [0.717, 1.165) is 44.5 Å². The van der Waals surface area contributed by atoms with Crippen molar-refractivity contribution in [2.45, 2.75) is 37.8 Å². The minimum absolute atomic E-state index is 0.0358. The summed E-state index contributed by atoms with van der Waals surface area (Å²) in [6, 6.07) is 8.67. The van der Waals surface area contributed by atoms with Gasteiger partial charge in [-0.25, -0.2) is 4.98 Å². The molecule has 1 aromatic carbocycles. The maximum absolute atomic E-state index is 12.7. The maximum atomic E-state index is 12.7. The van der Waals surface area contributed by atoms with Crippen molar-refractivity contribution in [3.8, 4) is 11.3 Å². The summed E-state index contributed by atoms with van der Waals surface area (Å²) < 4.78 is 7.63. The molecule has 1 N–H and O–H groups in total. The van der Waals surface area contributed by atoms with Crippen LogP contribution in [-0.4, -0.2) is 57.9 Å². The first-order chi connectivity index (χ1) is 14.2. The van der Waals surface area contributed by atoms with Crippen LogP contribution in [0.1, 0.15) is 37.3 Å². The first-order valence-electron chi connectivity index (χ1n) is 10.8. The van der Waals surface area contributed by atoms with Crippen LogP contribution in [0.2, 0.25) is 0 Å². The average Bonchev–Trinajstić information content (AvgIpc) is 3.50. The van der Waals surface area contributed by atoms with Crippen LogP contribution >= 0.6 is 0 Å². The number of aromatic nitrogens is 2. The van der Waals surface area contributed by atoms with Crippen LogP contribution in [0, 0.1) is 17.3 Å².